The highest BCUT2D eigenvalue weighted by Crippen LogP contribution is 2.40. The lowest BCUT2D eigenvalue weighted by Gasteiger charge is -2.17. The number of aryl methyl sites for hydroxylation is 1. The molecule has 0 amide bonds. The van der Waals surface area contributed by atoms with Gasteiger partial charge in [0.05, 0.1) is 16.6 Å². The number of nitrogens with two attached hydrogens (primary N) is 1. The number of hydrogen-bond acceptors (Lipinski definition) is 3. The monoisotopic (exact) mass is 401 g/mol. The van der Waals surface area contributed by atoms with Crippen LogP contribution in [0.5, 0.6) is 0 Å². The van der Waals surface area contributed by atoms with Gasteiger partial charge in [-0.15, -0.1) is 0 Å². The molecule has 0 spiro atoms. The number of nitrogen functional groups attached to an aromatic ring is 1. The van der Waals surface area contributed by atoms with Crippen LogP contribution in [0.3, 0.4) is 0 Å². The second-order valence-corrected chi connectivity index (χ2v) is 7.41. The van der Waals surface area contributed by atoms with E-state index < -0.39 is 17.1 Å². The van der Waals surface area contributed by atoms with Gasteiger partial charge in [0.2, 0.25) is 0 Å². The van der Waals surface area contributed by atoms with Gasteiger partial charge in [0.15, 0.2) is 17.1 Å². The Balaban J connectivity index is 1.67. The smallest absolute Gasteiger partial charge is 0.191 e. The minimum absolute atomic E-state index is 0.0138. The fraction of sp³-hybridized carbons (Fsp3) is 0.318. The third kappa shape index (κ3) is 3.45. The van der Waals surface area contributed by atoms with Crippen molar-refractivity contribution >= 4 is 22.3 Å². The second kappa shape index (κ2) is 7.46. The average molecular weight is 401 g/mol. The maximum Gasteiger partial charge on any atom is 0.191 e. The van der Waals surface area contributed by atoms with Crippen LogP contribution in [0.4, 0.5) is 24.5 Å². The van der Waals surface area contributed by atoms with Gasteiger partial charge in [-0.25, -0.2) is 13.2 Å². The van der Waals surface area contributed by atoms with Crippen molar-refractivity contribution in [2.24, 2.45) is 0 Å². The summed E-state index contributed by atoms with van der Waals surface area (Å²) < 4.78 is 45.8. The van der Waals surface area contributed by atoms with Crippen LogP contribution in [0, 0.1) is 17.5 Å². The van der Waals surface area contributed by atoms with Gasteiger partial charge in [0.1, 0.15) is 11.5 Å². The molecule has 0 aliphatic heterocycles. The quantitative estimate of drug-likeness (QED) is 0.596. The molecule has 0 radical (unpaired) electrons. The zero-order valence-corrected chi connectivity index (χ0v) is 16.1. The zero-order chi connectivity index (χ0) is 20.7. The molecular weight excluding hydrogens is 379 g/mol. The second-order valence-electron chi connectivity index (χ2n) is 7.41. The van der Waals surface area contributed by atoms with Gasteiger partial charge in [-0.1, -0.05) is 19.1 Å². The van der Waals surface area contributed by atoms with E-state index in [0.29, 0.717) is 5.56 Å². The molecule has 1 aliphatic rings. The summed E-state index contributed by atoms with van der Waals surface area (Å²) in [5.41, 5.74) is 5.94. The number of hydrogen-bond donors (Lipinski definition) is 2. The first kappa shape index (κ1) is 19.4. The van der Waals surface area contributed by atoms with Crippen molar-refractivity contribution < 1.29 is 13.2 Å². The van der Waals surface area contributed by atoms with E-state index in [2.05, 4.69) is 5.32 Å². The van der Waals surface area contributed by atoms with Crippen LogP contribution in [-0.4, -0.2) is 11.1 Å². The Kier molecular flexibility index (Phi) is 4.98. The van der Waals surface area contributed by atoms with Crippen molar-refractivity contribution in [2.75, 3.05) is 17.6 Å². The summed E-state index contributed by atoms with van der Waals surface area (Å²) in [6.45, 7) is 2.05. The van der Waals surface area contributed by atoms with Crippen molar-refractivity contribution in [3.05, 3.63) is 69.3 Å². The summed E-state index contributed by atoms with van der Waals surface area (Å²) in [5.74, 6) is -2.19. The summed E-state index contributed by atoms with van der Waals surface area (Å²) in [5, 5.41) is 2.57. The normalized spacial score (nSPS) is 13.8. The summed E-state index contributed by atoms with van der Waals surface area (Å²) in [6, 6.07) is 6.35. The lowest BCUT2D eigenvalue weighted by Crippen LogP contribution is -2.16. The Morgan fingerprint density at radius 3 is 2.59 bits per heavy atom. The lowest BCUT2D eigenvalue weighted by atomic mass is 10.1. The molecule has 1 aliphatic carbocycles. The van der Waals surface area contributed by atoms with Crippen LogP contribution in [0.25, 0.3) is 10.9 Å². The van der Waals surface area contributed by atoms with Gasteiger partial charge < -0.3 is 15.6 Å². The van der Waals surface area contributed by atoms with E-state index in [1.165, 1.54) is 18.3 Å². The number of aromatic nitrogens is 1. The SMILES string of the molecule is CCc1ccc(CCNc2c(F)c(N)c3c(=O)ccn(C4CC4)c3c2F)c(F)c1. The maximum absolute atomic E-state index is 15.3. The van der Waals surface area contributed by atoms with Crippen LogP contribution in [0.15, 0.2) is 35.3 Å². The predicted octanol–water partition coefficient (Wildman–Crippen LogP) is 4.55. The average Bonchev–Trinajstić information content (AvgIpc) is 3.54. The van der Waals surface area contributed by atoms with Gasteiger partial charge in [0.25, 0.3) is 0 Å². The Morgan fingerprint density at radius 1 is 1.17 bits per heavy atom. The number of benzene rings is 2. The van der Waals surface area contributed by atoms with E-state index in [-0.39, 0.29) is 47.1 Å². The highest BCUT2D eigenvalue weighted by atomic mass is 19.1. The molecule has 29 heavy (non-hydrogen) atoms. The van der Waals surface area contributed by atoms with Gasteiger partial charge in [0, 0.05) is 24.8 Å². The molecule has 1 aromatic heterocycles. The van der Waals surface area contributed by atoms with E-state index >= 15 is 4.39 Å². The zero-order valence-electron chi connectivity index (χ0n) is 16.1. The first-order chi connectivity index (χ1) is 13.9. The number of anilines is 2. The van der Waals surface area contributed by atoms with Crippen LogP contribution in [0.1, 0.15) is 36.9 Å². The molecule has 0 bridgehead atoms. The largest absolute Gasteiger partial charge is 0.396 e. The first-order valence-electron chi connectivity index (χ1n) is 9.74. The van der Waals surface area contributed by atoms with Gasteiger partial charge in [-0.3, -0.25) is 4.79 Å². The van der Waals surface area contributed by atoms with Gasteiger partial charge in [-0.2, -0.15) is 0 Å². The number of nitrogens with one attached hydrogen (secondary N) is 1. The van der Waals surface area contributed by atoms with Gasteiger partial charge >= 0.3 is 0 Å². The molecule has 3 N–H and O–H groups in total. The molecule has 1 fully saturated rings. The molecule has 1 saturated carbocycles. The highest BCUT2D eigenvalue weighted by molar-refractivity contribution is 5.95. The minimum Gasteiger partial charge on any atom is -0.396 e. The Labute approximate surface area is 166 Å². The minimum atomic E-state index is -0.998. The van der Waals surface area contributed by atoms with E-state index in [0.717, 1.165) is 24.8 Å². The van der Waals surface area contributed by atoms with E-state index in [1.54, 1.807) is 10.6 Å². The predicted molar refractivity (Wildman–Crippen MR) is 109 cm³/mol. The third-order valence-corrected chi connectivity index (χ3v) is 5.44. The van der Waals surface area contributed by atoms with Crippen molar-refractivity contribution in [3.63, 3.8) is 0 Å². The Bertz CT molecular complexity index is 1150. The van der Waals surface area contributed by atoms with E-state index in [9.17, 15) is 13.6 Å². The van der Waals surface area contributed by atoms with E-state index in [4.69, 9.17) is 5.73 Å². The highest BCUT2D eigenvalue weighted by Gasteiger charge is 2.29. The standard InChI is InChI=1S/C22H22F3N3O/c1-2-12-3-4-13(15(23)11-12)7-9-27-21-18(24)20(26)17-16(29)8-10-28(14-5-6-14)22(17)19(21)25/h3-4,8,10-11,14,27H,2,5-7,9,26H2,1H3. The third-order valence-electron chi connectivity index (χ3n) is 5.44. The molecule has 152 valence electrons. The Morgan fingerprint density at radius 2 is 1.93 bits per heavy atom. The Hall–Kier alpha value is -2.96. The number of nitrogens with zero attached hydrogens (tertiary/aromatic N) is 1. The fourth-order valence-electron chi connectivity index (χ4n) is 3.64. The molecule has 0 unspecified atom stereocenters. The van der Waals surface area contributed by atoms with Crippen LogP contribution in [0.2, 0.25) is 0 Å². The topological polar surface area (TPSA) is 60.0 Å². The molecule has 4 rings (SSSR count). The molecular formula is C22H22F3N3O. The summed E-state index contributed by atoms with van der Waals surface area (Å²) >= 11 is 0. The van der Waals surface area contributed by atoms with Crippen molar-refractivity contribution in [2.45, 2.75) is 38.6 Å². The first-order valence-corrected chi connectivity index (χ1v) is 9.74. The number of fused-ring (bicyclic) bond motifs is 1. The number of halogens is 3. The number of rotatable bonds is 6. The molecule has 3 aromatic rings. The molecule has 0 saturated heterocycles. The maximum atomic E-state index is 15.3. The summed E-state index contributed by atoms with van der Waals surface area (Å²) in [4.78, 5) is 12.2. The van der Waals surface area contributed by atoms with Crippen LogP contribution >= 0.6 is 0 Å². The van der Waals surface area contributed by atoms with Crippen molar-refractivity contribution in [1.29, 1.82) is 0 Å². The molecule has 0 atom stereocenters. The van der Waals surface area contributed by atoms with Crippen LogP contribution in [-0.2, 0) is 12.8 Å². The molecule has 7 heteroatoms. The molecule has 4 nitrogen and oxygen atoms in total. The lowest BCUT2D eigenvalue weighted by molar-refractivity contribution is 0.589. The van der Waals surface area contributed by atoms with Crippen molar-refractivity contribution in [3.8, 4) is 0 Å². The summed E-state index contributed by atoms with van der Waals surface area (Å²) in [7, 11) is 0. The fourth-order valence-corrected chi connectivity index (χ4v) is 3.64. The molecule has 2 aromatic carbocycles. The number of pyridine rings is 1. The molecule has 1 heterocycles. The van der Waals surface area contributed by atoms with Crippen molar-refractivity contribution in [1.82, 2.24) is 4.57 Å². The van der Waals surface area contributed by atoms with E-state index in [1.807, 2.05) is 13.0 Å². The van der Waals surface area contributed by atoms with Crippen LogP contribution < -0.4 is 16.5 Å². The summed E-state index contributed by atoms with van der Waals surface area (Å²) in [6.07, 6.45) is 4.23. The van der Waals surface area contributed by atoms with Gasteiger partial charge in [-0.05, 0) is 42.9 Å².